The van der Waals surface area contributed by atoms with Gasteiger partial charge in [0.25, 0.3) is 0 Å². The Morgan fingerprint density at radius 3 is 2.82 bits per heavy atom. The van der Waals surface area contributed by atoms with E-state index < -0.39 is 0 Å². The van der Waals surface area contributed by atoms with Gasteiger partial charge >= 0.3 is 0 Å². The number of H-pyrrole nitrogens is 1. The van der Waals surface area contributed by atoms with Crippen molar-refractivity contribution in [2.75, 3.05) is 5.73 Å². The second kappa shape index (κ2) is 3.38. The van der Waals surface area contributed by atoms with E-state index in [1.807, 2.05) is 13.0 Å². The smallest absolute Gasteiger partial charge is 0.222 e. The van der Waals surface area contributed by atoms with Gasteiger partial charge in [-0.25, -0.2) is 0 Å². The molecule has 4 heteroatoms. The summed E-state index contributed by atoms with van der Waals surface area (Å²) in [7, 11) is 0. The molecule has 0 fully saturated rings. The Hall–Kier alpha value is -2.23. The first-order valence-corrected chi connectivity index (χ1v) is 5.47. The normalized spacial score (nSPS) is 11.2. The van der Waals surface area contributed by atoms with E-state index >= 15 is 0 Å². The van der Waals surface area contributed by atoms with Crippen LogP contribution in [0.4, 0.5) is 5.88 Å². The minimum Gasteiger partial charge on any atom is -0.368 e. The molecule has 0 aliphatic heterocycles. The highest BCUT2D eigenvalue weighted by molar-refractivity contribution is 5.98. The highest BCUT2D eigenvalue weighted by Gasteiger charge is 2.14. The predicted octanol–water partition coefficient (Wildman–Crippen LogP) is 3.02. The van der Waals surface area contributed by atoms with Crippen molar-refractivity contribution in [3.63, 3.8) is 0 Å². The molecule has 0 saturated heterocycles. The van der Waals surface area contributed by atoms with Crippen molar-refractivity contribution in [1.82, 2.24) is 10.1 Å². The zero-order valence-corrected chi connectivity index (χ0v) is 9.74. The Kier molecular flexibility index (Phi) is 1.98. The molecule has 4 nitrogen and oxygen atoms in total. The van der Waals surface area contributed by atoms with E-state index in [-0.39, 0.29) is 0 Å². The van der Waals surface area contributed by atoms with Crippen molar-refractivity contribution in [3.05, 3.63) is 35.5 Å². The van der Waals surface area contributed by atoms with Crippen LogP contribution >= 0.6 is 0 Å². The fourth-order valence-electron chi connectivity index (χ4n) is 2.23. The van der Waals surface area contributed by atoms with Crippen LogP contribution in [0.15, 0.2) is 28.8 Å². The molecule has 0 radical (unpaired) electrons. The zero-order chi connectivity index (χ0) is 12.0. The molecule has 2 heterocycles. The number of fused-ring (bicyclic) bond motifs is 1. The van der Waals surface area contributed by atoms with Gasteiger partial charge in [-0.1, -0.05) is 23.4 Å². The number of para-hydroxylation sites is 1. The fourth-order valence-corrected chi connectivity index (χ4v) is 2.23. The van der Waals surface area contributed by atoms with Crippen molar-refractivity contribution < 1.29 is 4.52 Å². The van der Waals surface area contributed by atoms with Gasteiger partial charge in [-0.2, -0.15) is 0 Å². The number of hydrogen-bond acceptors (Lipinski definition) is 3. The third-order valence-electron chi connectivity index (χ3n) is 3.01. The maximum atomic E-state index is 5.57. The molecule has 0 bridgehead atoms. The van der Waals surface area contributed by atoms with E-state index in [1.54, 1.807) is 6.07 Å². The number of nitrogen functional groups attached to an aromatic ring is 1. The Morgan fingerprint density at radius 2 is 2.12 bits per heavy atom. The van der Waals surface area contributed by atoms with Crippen LogP contribution in [0, 0.1) is 13.8 Å². The number of nitrogens with one attached hydrogen (secondary N) is 1. The van der Waals surface area contributed by atoms with Gasteiger partial charge in [0.05, 0.1) is 0 Å². The number of nitrogens with two attached hydrogens (primary N) is 1. The first-order valence-electron chi connectivity index (χ1n) is 5.47. The zero-order valence-electron chi connectivity index (χ0n) is 9.74. The molecule has 0 spiro atoms. The monoisotopic (exact) mass is 227 g/mol. The molecule has 0 unspecified atom stereocenters. The first-order chi connectivity index (χ1) is 8.16. The number of nitrogens with zero attached hydrogens (tertiary/aromatic N) is 1. The molecule has 0 saturated carbocycles. The maximum absolute atomic E-state index is 5.57. The summed E-state index contributed by atoms with van der Waals surface area (Å²) >= 11 is 0. The van der Waals surface area contributed by atoms with E-state index in [2.05, 4.69) is 29.2 Å². The molecule has 3 N–H and O–H groups in total. The van der Waals surface area contributed by atoms with Gasteiger partial charge in [0, 0.05) is 28.2 Å². The van der Waals surface area contributed by atoms with E-state index in [0.29, 0.717) is 5.88 Å². The second-order valence-electron chi connectivity index (χ2n) is 4.24. The summed E-state index contributed by atoms with van der Waals surface area (Å²) in [4.78, 5) is 3.38. The van der Waals surface area contributed by atoms with Crippen LogP contribution in [-0.4, -0.2) is 10.1 Å². The van der Waals surface area contributed by atoms with Gasteiger partial charge < -0.3 is 15.2 Å². The summed E-state index contributed by atoms with van der Waals surface area (Å²) in [5.74, 6) is 0.335. The number of hydrogen-bond donors (Lipinski definition) is 2. The van der Waals surface area contributed by atoms with Crippen LogP contribution < -0.4 is 5.73 Å². The summed E-state index contributed by atoms with van der Waals surface area (Å²) in [6, 6.07) is 7.95. The van der Waals surface area contributed by atoms with Crippen LogP contribution in [0.2, 0.25) is 0 Å². The van der Waals surface area contributed by atoms with Gasteiger partial charge in [-0.05, 0) is 19.4 Å². The lowest BCUT2D eigenvalue weighted by molar-refractivity contribution is 0.439. The van der Waals surface area contributed by atoms with Crippen molar-refractivity contribution in [3.8, 4) is 11.3 Å². The van der Waals surface area contributed by atoms with Gasteiger partial charge in [-0.15, -0.1) is 0 Å². The largest absolute Gasteiger partial charge is 0.368 e. The SMILES string of the molecule is Cc1[nH]c2c(C)cccc2c1-c1cc(N)on1. The highest BCUT2D eigenvalue weighted by atomic mass is 16.5. The topological polar surface area (TPSA) is 67.8 Å². The molecule has 2 aromatic heterocycles. The molecule has 0 atom stereocenters. The predicted molar refractivity (Wildman–Crippen MR) is 67.7 cm³/mol. The lowest BCUT2D eigenvalue weighted by Gasteiger charge is -1.96. The van der Waals surface area contributed by atoms with Crippen LogP contribution in [0.25, 0.3) is 22.2 Å². The fraction of sp³-hybridized carbons (Fsp3) is 0.154. The summed E-state index contributed by atoms with van der Waals surface area (Å²) in [6.07, 6.45) is 0. The van der Waals surface area contributed by atoms with Crippen molar-refractivity contribution >= 4 is 16.8 Å². The number of aromatic amines is 1. The van der Waals surface area contributed by atoms with Crippen LogP contribution in [0.3, 0.4) is 0 Å². The van der Waals surface area contributed by atoms with E-state index in [9.17, 15) is 0 Å². The Labute approximate surface area is 98.4 Å². The molecule has 1 aromatic carbocycles. The summed E-state index contributed by atoms with van der Waals surface area (Å²) in [5.41, 5.74) is 10.8. The lowest BCUT2D eigenvalue weighted by atomic mass is 10.1. The maximum Gasteiger partial charge on any atom is 0.222 e. The molecule has 17 heavy (non-hydrogen) atoms. The molecular weight excluding hydrogens is 214 g/mol. The van der Waals surface area contributed by atoms with E-state index in [1.165, 1.54) is 5.56 Å². The lowest BCUT2D eigenvalue weighted by Crippen LogP contribution is -1.79. The molecular formula is C13H13N3O. The average molecular weight is 227 g/mol. The van der Waals surface area contributed by atoms with Gasteiger partial charge in [0.2, 0.25) is 5.88 Å². The third-order valence-corrected chi connectivity index (χ3v) is 3.01. The number of aryl methyl sites for hydroxylation is 2. The second-order valence-corrected chi connectivity index (χ2v) is 4.24. The highest BCUT2D eigenvalue weighted by Crippen LogP contribution is 2.33. The molecule has 0 aliphatic rings. The Bertz CT molecular complexity index is 694. The minimum absolute atomic E-state index is 0.335. The molecule has 86 valence electrons. The third kappa shape index (κ3) is 1.41. The van der Waals surface area contributed by atoms with Gasteiger partial charge in [-0.3, -0.25) is 0 Å². The van der Waals surface area contributed by atoms with Gasteiger partial charge in [0.1, 0.15) is 5.69 Å². The molecule has 0 amide bonds. The summed E-state index contributed by atoms with van der Waals surface area (Å²) in [5, 5.41) is 5.13. The quantitative estimate of drug-likeness (QED) is 0.671. The molecule has 3 aromatic rings. The number of anilines is 1. The number of benzene rings is 1. The van der Waals surface area contributed by atoms with E-state index in [0.717, 1.165) is 27.9 Å². The minimum atomic E-state index is 0.335. The Morgan fingerprint density at radius 1 is 1.29 bits per heavy atom. The first kappa shape index (κ1) is 9.96. The van der Waals surface area contributed by atoms with Crippen LogP contribution in [0.1, 0.15) is 11.3 Å². The van der Waals surface area contributed by atoms with Crippen LogP contribution in [0.5, 0.6) is 0 Å². The van der Waals surface area contributed by atoms with Crippen molar-refractivity contribution in [1.29, 1.82) is 0 Å². The van der Waals surface area contributed by atoms with Crippen molar-refractivity contribution in [2.45, 2.75) is 13.8 Å². The number of rotatable bonds is 1. The molecule has 3 rings (SSSR count). The summed E-state index contributed by atoms with van der Waals surface area (Å²) < 4.78 is 4.94. The Balaban J connectivity index is 2.36. The van der Waals surface area contributed by atoms with Gasteiger partial charge in [0.15, 0.2) is 0 Å². The average Bonchev–Trinajstić information content (AvgIpc) is 2.82. The standard InChI is InChI=1S/C13H13N3O/c1-7-4-3-5-9-12(8(2)15-13(7)9)10-6-11(14)17-16-10/h3-6,15H,14H2,1-2H3. The number of aromatic nitrogens is 2. The van der Waals surface area contributed by atoms with E-state index in [4.69, 9.17) is 10.3 Å². The molecule has 0 aliphatic carbocycles. The summed E-state index contributed by atoms with van der Waals surface area (Å²) in [6.45, 7) is 4.11. The van der Waals surface area contributed by atoms with Crippen molar-refractivity contribution in [2.24, 2.45) is 0 Å². The van der Waals surface area contributed by atoms with Crippen LogP contribution in [-0.2, 0) is 0 Å².